The molecule has 5 atom stereocenters. The molecule has 2 aromatic heterocycles. The number of nitrogens with zero attached hydrogens (tertiary/aromatic N) is 3. The van der Waals surface area contributed by atoms with Crippen LogP contribution in [0.25, 0.3) is 11.0 Å². The van der Waals surface area contributed by atoms with Crippen LogP contribution >= 0.6 is 11.6 Å². The number of hydrogen-bond donors (Lipinski definition) is 3. The quantitative estimate of drug-likeness (QED) is 0.589. The van der Waals surface area contributed by atoms with Crippen molar-refractivity contribution < 1.29 is 20.1 Å². The Kier molecular flexibility index (Phi) is 3.96. The summed E-state index contributed by atoms with van der Waals surface area (Å²) < 4.78 is 7.49. The van der Waals surface area contributed by atoms with Crippen LogP contribution in [-0.4, -0.2) is 48.2 Å². The largest absolute Gasteiger partial charge is 0.387 e. The van der Waals surface area contributed by atoms with Gasteiger partial charge in [-0.3, -0.25) is 0 Å². The van der Waals surface area contributed by atoms with E-state index in [1.807, 2.05) is 18.2 Å². The van der Waals surface area contributed by atoms with Gasteiger partial charge in [0.2, 0.25) is 0 Å². The van der Waals surface area contributed by atoms with Crippen LogP contribution in [0.2, 0.25) is 5.15 Å². The summed E-state index contributed by atoms with van der Waals surface area (Å²) in [6, 6.07) is 7.50. The molecule has 8 heteroatoms. The monoisotopic (exact) mass is 387 g/mol. The van der Waals surface area contributed by atoms with Crippen LogP contribution in [-0.2, 0) is 17.6 Å². The summed E-state index contributed by atoms with van der Waals surface area (Å²) in [4.78, 5) is 8.13. The molecule has 0 bridgehead atoms. The molecule has 27 heavy (non-hydrogen) atoms. The highest BCUT2D eigenvalue weighted by Crippen LogP contribution is 2.38. The Morgan fingerprint density at radius 1 is 1.11 bits per heavy atom. The molecule has 5 rings (SSSR count). The third-order valence-electron chi connectivity index (χ3n) is 5.56. The fourth-order valence-corrected chi connectivity index (χ4v) is 4.10. The van der Waals surface area contributed by atoms with Gasteiger partial charge in [-0.25, -0.2) is 9.97 Å². The lowest BCUT2D eigenvalue weighted by atomic mass is 9.85. The van der Waals surface area contributed by atoms with Gasteiger partial charge in [0.25, 0.3) is 0 Å². The molecule has 1 aliphatic heterocycles. The summed E-state index contributed by atoms with van der Waals surface area (Å²) in [5.41, 5.74) is 3.65. The lowest BCUT2D eigenvalue weighted by Crippen LogP contribution is -2.35. The molecular formula is C19H18ClN3O4. The van der Waals surface area contributed by atoms with E-state index in [9.17, 15) is 15.3 Å². The second-order valence-corrected chi connectivity index (χ2v) is 7.43. The molecule has 0 saturated carbocycles. The van der Waals surface area contributed by atoms with Crippen molar-refractivity contribution >= 4 is 22.6 Å². The number of hydrogen-bond acceptors (Lipinski definition) is 6. The van der Waals surface area contributed by atoms with E-state index in [1.54, 1.807) is 16.8 Å². The standard InChI is InChI=1S/C19H18ClN3O4/c20-17-12-5-6-23(18(12)22-8-21-17)19-15(26)14(25)16(27-19)13(24)11-4-2-9-1-3-10(9)7-11/h2,4-8,13-16,19,24-26H,1,3H2/t13-,14+,15-,16-,19-/m1/s1. The minimum atomic E-state index is -1.24. The average Bonchev–Trinajstić information content (AvgIpc) is 3.19. The van der Waals surface area contributed by atoms with Gasteiger partial charge in [0.15, 0.2) is 6.23 Å². The van der Waals surface area contributed by atoms with Gasteiger partial charge in [0, 0.05) is 6.20 Å². The van der Waals surface area contributed by atoms with E-state index >= 15 is 0 Å². The predicted octanol–water partition coefficient (Wildman–Crippen LogP) is 1.54. The lowest BCUT2D eigenvalue weighted by Gasteiger charge is -2.25. The first-order valence-electron chi connectivity index (χ1n) is 8.83. The molecule has 0 spiro atoms. The normalized spacial score (nSPS) is 28.1. The molecule has 1 aliphatic carbocycles. The molecule has 3 aromatic rings. The van der Waals surface area contributed by atoms with Crippen molar-refractivity contribution in [1.29, 1.82) is 0 Å². The summed E-state index contributed by atoms with van der Waals surface area (Å²) >= 11 is 6.08. The van der Waals surface area contributed by atoms with E-state index in [1.165, 1.54) is 17.5 Å². The van der Waals surface area contributed by atoms with Gasteiger partial charge in [-0.05, 0) is 35.6 Å². The van der Waals surface area contributed by atoms with Crippen molar-refractivity contribution in [3.8, 4) is 0 Å². The Morgan fingerprint density at radius 3 is 2.67 bits per heavy atom. The fourth-order valence-electron chi connectivity index (χ4n) is 3.91. The van der Waals surface area contributed by atoms with Crippen LogP contribution in [0.5, 0.6) is 0 Å². The number of aromatic nitrogens is 3. The zero-order valence-corrected chi connectivity index (χ0v) is 15.0. The molecular weight excluding hydrogens is 370 g/mol. The topological polar surface area (TPSA) is 101 Å². The van der Waals surface area contributed by atoms with E-state index in [0.29, 0.717) is 21.7 Å². The van der Waals surface area contributed by atoms with Gasteiger partial charge in [-0.15, -0.1) is 0 Å². The number of halogens is 1. The zero-order chi connectivity index (χ0) is 18.7. The average molecular weight is 388 g/mol. The van der Waals surface area contributed by atoms with Crippen molar-refractivity contribution in [2.24, 2.45) is 0 Å². The highest BCUT2D eigenvalue weighted by atomic mass is 35.5. The van der Waals surface area contributed by atoms with Gasteiger partial charge in [-0.2, -0.15) is 0 Å². The Bertz CT molecular complexity index is 1020. The van der Waals surface area contributed by atoms with Crippen LogP contribution in [0.15, 0.2) is 36.8 Å². The van der Waals surface area contributed by atoms with Crippen LogP contribution in [0.4, 0.5) is 0 Å². The number of rotatable bonds is 3. The van der Waals surface area contributed by atoms with Crippen molar-refractivity contribution in [3.63, 3.8) is 0 Å². The SMILES string of the molecule is O[C@@H]1[C@H](O)[C@@H]([C@H](O)c2ccc3c(c2)CC3)O[C@H]1n1ccc2c(Cl)ncnc21. The molecule has 1 aromatic carbocycles. The summed E-state index contributed by atoms with van der Waals surface area (Å²) in [6.07, 6.45) is -0.325. The summed E-state index contributed by atoms with van der Waals surface area (Å²) in [5.74, 6) is 0. The Morgan fingerprint density at radius 2 is 1.93 bits per heavy atom. The number of ether oxygens (including phenoxy) is 1. The third-order valence-corrected chi connectivity index (χ3v) is 5.86. The molecule has 7 nitrogen and oxygen atoms in total. The van der Waals surface area contributed by atoms with E-state index in [0.717, 1.165) is 12.8 Å². The summed E-state index contributed by atoms with van der Waals surface area (Å²) in [7, 11) is 0. The first-order chi connectivity index (χ1) is 13.0. The van der Waals surface area contributed by atoms with Gasteiger partial charge in [-0.1, -0.05) is 29.8 Å². The minimum Gasteiger partial charge on any atom is -0.387 e. The molecule has 3 heterocycles. The first-order valence-corrected chi connectivity index (χ1v) is 9.21. The fraction of sp³-hybridized carbons (Fsp3) is 0.368. The highest BCUT2D eigenvalue weighted by molar-refractivity contribution is 6.33. The van der Waals surface area contributed by atoms with Gasteiger partial charge < -0.3 is 24.6 Å². The van der Waals surface area contributed by atoms with Crippen molar-refractivity contribution in [3.05, 3.63) is 58.6 Å². The Labute approximate surface area is 159 Å². The smallest absolute Gasteiger partial charge is 0.164 e. The molecule has 0 unspecified atom stereocenters. The maximum absolute atomic E-state index is 10.8. The van der Waals surface area contributed by atoms with Crippen LogP contribution < -0.4 is 0 Å². The maximum atomic E-state index is 10.8. The number of aliphatic hydroxyl groups excluding tert-OH is 3. The van der Waals surface area contributed by atoms with Gasteiger partial charge in [0.05, 0.1) is 5.39 Å². The first kappa shape index (κ1) is 17.1. The lowest BCUT2D eigenvalue weighted by molar-refractivity contribution is -0.0848. The van der Waals surface area contributed by atoms with Gasteiger partial charge in [0.1, 0.15) is 41.5 Å². The second kappa shape index (κ2) is 6.25. The predicted molar refractivity (Wildman–Crippen MR) is 97.3 cm³/mol. The molecule has 0 radical (unpaired) electrons. The Balaban J connectivity index is 1.46. The van der Waals surface area contributed by atoms with E-state index in [2.05, 4.69) is 9.97 Å². The van der Waals surface area contributed by atoms with Gasteiger partial charge >= 0.3 is 0 Å². The van der Waals surface area contributed by atoms with E-state index in [-0.39, 0.29) is 0 Å². The molecule has 3 N–H and O–H groups in total. The maximum Gasteiger partial charge on any atom is 0.164 e. The third kappa shape index (κ3) is 2.58. The zero-order valence-electron chi connectivity index (χ0n) is 14.2. The number of aliphatic hydroxyl groups is 3. The molecule has 1 fully saturated rings. The van der Waals surface area contributed by atoms with E-state index < -0.39 is 30.6 Å². The minimum absolute atomic E-state index is 0.297. The number of fused-ring (bicyclic) bond motifs is 2. The van der Waals surface area contributed by atoms with Crippen molar-refractivity contribution in [2.75, 3.05) is 0 Å². The number of benzene rings is 1. The summed E-state index contributed by atoms with van der Waals surface area (Å²) in [5, 5.41) is 32.8. The van der Waals surface area contributed by atoms with Crippen molar-refractivity contribution in [2.45, 2.75) is 43.5 Å². The summed E-state index contributed by atoms with van der Waals surface area (Å²) in [6.45, 7) is 0. The Hall–Kier alpha value is -2.03. The molecule has 1 saturated heterocycles. The van der Waals surface area contributed by atoms with Crippen LogP contribution in [0.3, 0.4) is 0 Å². The van der Waals surface area contributed by atoms with Crippen molar-refractivity contribution in [1.82, 2.24) is 14.5 Å². The number of aryl methyl sites for hydroxylation is 2. The van der Waals surface area contributed by atoms with E-state index in [4.69, 9.17) is 16.3 Å². The molecule has 140 valence electrons. The van der Waals surface area contributed by atoms with Crippen LogP contribution in [0.1, 0.15) is 29.0 Å². The van der Waals surface area contributed by atoms with Crippen LogP contribution in [0, 0.1) is 0 Å². The highest BCUT2D eigenvalue weighted by Gasteiger charge is 2.47. The molecule has 0 amide bonds. The second-order valence-electron chi connectivity index (χ2n) is 7.07. The molecule has 2 aliphatic rings.